The van der Waals surface area contributed by atoms with E-state index in [9.17, 15) is 19.8 Å². The van der Waals surface area contributed by atoms with Gasteiger partial charge in [0, 0.05) is 12.0 Å². The van der Waals surface area contributed by atoms with E-state index in [0.717, 1.165) is 50.5 Å². The molecule has 0 aromatic heterocycles. The van der Waals surface area contributed by atoms with Gasteiger partial charge < -0.3 is 14.9 Å². The predicted octanol–water partition coefficient (Wildman–Crippen LogP) is 7.72. The van der Waals surface area contributed by atoms with Crippen molar-refractivity contribution in [2.45, 2.75) is 132 Å². The number of carbonyl (C=O) groups is 2. The van der Waals surface area contributed by atoms with Crippen LogP contribution in [0.25, 0.3) is 0 Å². The number of hydrogen-bond donors (Lipinski definition) is 2. The highest BCUT2D eigenvalue weighted by atomic mass is 16.5. The average molecular weight is 555 g/mol. The van der Waals surface area contributed by atoms with Crippen molar-refractivity contribution in [3.05, 3.63) is 23.3 Å². The quantitative estimate of drug-likeness (QED) is 0.212. The van der Waals surface area contributed by atoms with E-state index < -0.39 is 23.5 Å². The first kappa shape index (κ1) is 29.9. The number of ether oxygens (including phenoxy) is 1. The smallest absolute Gasteiger partial charge is 0.330 e. The Kier molecular flexibility index (Phi) is 6.86. The highest BCUT2D eigenvalue weighted by Gasteiger charge is 2.71. The third kappa shape index (κ3) is 3.95. The molecule has 40 heavy (non-hydrogen) atoms. The lowest BCUT2D eigenvalue weighted by Gasteiger charge is -2.71. The third-order valence-electron chi connectivity index (χ3n) is 13.7. The number of aliphatic hydroxyl groups is 1. The van der Waals surface area contributed by atoms with Crippen LogP contribution in [0.3, 0.4) is 0 Å². The van der Waals surface area contributed by atoms with E-state index in [1.165, 1.54) is 11.6 Å². The number of rotatable bonds is 3. The zero-order valence-electron chi connectivity index (χ0n) is 26.5. The highest BCUT2D eigenvalue weighted by molar-refractivity contribution is 5.84. The monoisotopic (exact) mass is 554 g/mol. The SMILES string of the molecule is CC(C)=CC(=O)O[C@@H]1CC(C)(C)C[C@H]2C3=CCC4[C@@]5(C)CC[C@H](O)C(C)(C)C5CC[C@@]4(C)[C@]3(C)CC[C@@]12C(=O)O. The van der Waals surface area contributed by atoms with Crippen molar-refractivity contribution in [2.24, 2.45) is 50.2 Å². The Balaban J connectivity index is 1.59. The van der Waals surface area contributed by atoms with Crippen LogP contribution in [0.1, 0.15) is 120 Å². The molecule has 4 fully saturated rings. The summed E-state index contributed by atoms with van der Waals surface area (Å²) in [4.78, 5) is 26.2. The van der Waals surface area contributed by atoms with Crippen LogP contribution < -0.4 is 0 Å². The van der Waals surface area contributed by atoms with E-state index in [-0.39, 0.29) is 39.1 Å². The van der Waals surface area contributed by atoms with Gasteiger partial charge in [-0.2, -0.15) is 0 Å². The number of allylic oxidation sites excluding steroid dienone is 3. The molecule has 224 valence electrons. The molecule has 0 heterocycles. The van der Waals surface area contributed by atoms with Crippen molar-refractivity contribution in [3.8, 4) is 0 Å². The lowest BCUT2D eigenvalue weighted by Crippen LogP contribution is -2.66. The summed E-state index contributed by atoms with van der Waals surface area (Å²) in [6, 6.07) is 0. The van der Waals surface area contributed by atoms with Gasteiger partial charge in [0.25, 0.3) is 0 Å². The molecule has 0 aliphatic heterocycles. The van der Waals surface area contributed by atoms with Crippen molar-refractivity contribution in [1.29, 1.82) is 0 Å². The van der Waals surface area contributed by atoms with Crippen LogP contribution in [0.4, 0.5) is 0 Å². The van der Waals surface area contributed by atoms with Gasteiger partial charge in [0.05, 0.1) is 6.10 Å². The van der Waals surface area contributed by atoms with Crippen molar-refractivity contribution in [1.82, 2.24) is 0 Å². The molecule has 0 saturated heterocycles. The molecule has 0 bridgehead atoms. The normalized spacial score (nSPS) is 46.9. The van der Waals surface area contributed by atoms with E-state index in [2.05, 4.69) is 54.5 Å². The zero-order chi connectivity index (χ0) is 29.7. The molecule has 0 amide bonds. The molecule has 2 N–H and O–H groups in total. The fourth-order valence-corrected chi connectivity index (χ4v) is 11.3. The maximum atomic E-state index is 13.4. The Bertz CT molecular complexity index is 1140. The molecular weight excluding hydrogens is 500 g/mol. The number of esters is 1. The minimum atomic E-state index is -1.09. The van der Waals surface area contributed by atoms with Gasteiger partial charge >= 0.3 is 11.9 Å². The molecule has 0 spiro atoms. The Morgan fingerprint density at radius 1 is 0.925 bits per heavy atom. The van der Waals surface area contributed by atoms with Gasteiger partial charge in [-0.15, -0.1) is 0 Å². The lowest BCUT2D eigenvalue weighted by molar-refractivity contribution is -0.215. The average Bonchev–Trinajstić information content (AvgIpc) is 2.81. The van der Waals surface area contributed by atoms with E-state index in [1.807, 2.05) is 13.8 Å². The van der Waals surface area contributed by atoms with E-state index in [4.69, 9.17) is 4.74 Å². The molecule has 9 atom stereocenters. The Morgan fingerprint density at radius 2 is 1.60 bits per heavy atom. The minimum Gasteiger partial charge on any atom is -0.481 e. The summed E-state index contributed by atoms with van der Waals surface area (Å²) in [6.45, 7) is 20.1. The van der Waals surface area contributed by atoms with Crippen LogP contribution in [0.5, 0.6) is 0 Å². The van der Waals surface area contributed by atoms with Crippen LogP contribution in [0, 0.1) is 50.2 Å². The summed E-state index contributed by atoms with van der Waals surface area (Å²) in [5.41, 5.74) is 0.964. The number of carboxylic acid groups (broad SMARTS) is 1. The first-order chi connectivity index (χ1) is 18.3. The molecule has 0 radical (unpaired) electrons. The zero-order valence-corrected chi connectivity index (χ0v) is 26.5. The molecule has 5 aliphatic rings. The predicted molar refractivity (Wildman–Crippen MR) is 157 cm³/mol. The number of fused-ring (bicyclic) bond motifs is 7. The van der Waals surface area contributed by atoms with Crippen molar-refractivity contribution in [3.63, 3.8) is 0 Å². The molecule has 5 rings (SSSR count). The second-order valence-corrected chi connectivity index (χ2v) is 16.8. The van der Waals surface area contributed by atoms with Gasteiger partial charge in [-0.25, -0.2) is 4.79 Å². The summed E-state index contributed by atoms with van der Waals surface area (Å²) in [6.07, 6.45) is 10.9. The van der Waals surface area contributed by atoms with Crippen molar-refractivity contribution in [2.75, 3.05) is 0 Å². The largest absolute Gasteiger partial charge is 0.481 e. The van der Waals surface area contributed by atoms with E-state index >= 15 is 0 Å². The second-order valence-electron chi connectivity index (χ2n) is 16.8. The third-order valence-corrected chi connectivity index (χ3v) is 13.7. The molecule has 0 aromatic carbocycles. The Hall–Kier alpha value is -1.62. The summed E-state index contributed by atoms with van der Waals surface area (Å²) < 4.78 is 6.09. The van der Waals surface area contributed by atoms with Gasteiger partial charge in [0.1, 0.15) is 11.5 Å². The molecule has 2 unspecified atom stereocenters. The van der Waals surface area contributed by atoms with Crippen LogP contribution in [0.2, 0.25) is 0 Å². The van der Waals surface area contributed by atoms with E-state index in [0.29, 0.717) is 24.7 Å². The number of hydrogen-bond acceptors (Lipinski definition) is 4. The van der Waals surface area contributed by atoms with Gasteiger partial charge in [0.2, 0.25) is 0 Å². The molecule has 0 aromatic rings. The number of carbonyl (C=O) groups excluding carboxylic acids is 1. The van der Waals surface area contributed by atoms with Crippen LogP contribution >= 0.6 is 0 Å². The maximum Gasteiger partial charge on any atom is 0.330 e. The topological polar surface area (TPSA) is 83.8 Å². The van der Waals surface area contributed by atoms with Crippen LogP contribution in [0.15, 0.2) is 23.3 Å². The summed E-state index contributed by atoms with van der Waals surface area (Å²) in [5.74, 6) is -0.399. The lowest BCUT2D eigenvalue weighted by atomic mass is 9.33. The summed E-state index contributed by atoms with van der Waals surface area (Å²) >= 11 is 0. The van der Waals surface area contributed by atoms with Gasteiger partial charge in [-0.05, 0) is 111 Å². The number of carboxylic acids is 1. The molecule has 5 heteroatoms. The van der Waals surface area contributed by atoms with Crippen LogP contribution in [-0.2, 0) is 14.3 Å². The van der Waals surface area contributed by atoms with Gasteiger partial charge in [0.15, 0.2) is 0 Å². The standard InChI is InChI=1S/C35H54O5/c1-21(2)18-28(37)40-27-20-30(3,4)19-23-22-10-11-25-32(7)14-13-26(36)31(5,6)24(32)12-15-34(25,9)33(22,8)16-17-35(23,27)29(38)39/h10,18,23-27,36H,11-17,19-20H2,1-9H3,(H,38,39)/t23-,24?,25?,26-,27+,32-,33+,34+,35-/m0/s1. The molecular formula is C35H54O5. The second kappa shape index (κ2) is 9.19. The highest BCUT2D eigenvalue weighted by Crippen LogP contribution is 2.75. The van der Waals surface area contributed by atoms with Crippen LogP contribution in [-0.4, -0.2) is 34.4 Å². The van der Waals surface area contributed by atoms with E-state index in [1.54, 1.807) is 0 Å². The molecule has 4 saturated carbocycles. The van der Waals surface area contributed by atoms with Gasteiger partial charge in [-0.1, -0.05) is 65.7 Å². The Labute approximate surface area is 242 Å². The number of aliphatic hydroxyl groups excluding tert-OH is 1. The first-order valence-electron chi connectivity index (χ1n) is 15.8. The van der Waals surface area contributed by atoms with Gasteiger partial charge in [-0.3, -0.25) is 4.79 Å². The maximum absolute atomic E-state index is 13.4. The number of aliphatic carboxylic acids is 1. The Morgan fingerprint density at radius 3 is 2.23 bits per heavy atom. The summed E-state index contributed by atoms with van der Waals surface area (Å²) in [5, 5.41) is 21.9. The van der Waals surface area contributed by atoms with Crippen molar-refractivity contribution < 1.29 is 24.5 Å². The molecule has 5 nitrogen and oxygen atoms in total. The minimum absolute atomic E-state index is 0.0567. The fourth-order valence-electron chi connectivity index (χ4n) is 11.3. The van der Waals surface area contributed by atoms with Crippen molar-refractivity contribution >= 4 is 11.9 Å². The summed E-state index contributed by atoms with van der Waals surface area (Å²) in [7, 11) is 0. The fraction of sp³-hybridized carbons (Fsp3) is 0.829. The molecule has 5 aliphatic carbocycles. The first-order valence-corrected chi connectivity index (χ1v) is 15.8.